The van der Waals surface area contributed by atoms with Gasteiger partial charge in [0.1, 0.15) is 12.2 Å². The summed E-state index contributed by atoms with van der Waals surface area (Å²) in [4.78, 5) is 38.1. The lowest BCUT2D eigenvalue weighted by molar-refractivity contribution is -0.886. The molecule has 0 radical (unpaired) electrons. The average Bonchev–Trinajstić information content (AvgIpc) is 2.94. The number of β-lactam (4-membered cyclic amide) rings is 1. The zero-order valence-corrected chi connectivity index (χ0v) is 19.1. The number of hydrogen-bond acceptors (Lipinski definition) is 6. The van der Waals surface area contributed by atoms with Crippen LogP contribution in [0.5, 0.6) is 11.5 Å². The molecule has 0 saturated carbocycles. The smallest absolute Gasteiger partial charge is 0.352 e. The number of nitrogens with zero attached hydrogens (tertiary/aromatic N) is 2. The molecule has 1 aromatic carbocycles. The van der Waals surface area contributed by atoms with E-state index in [0.29, 0.717) is 29.6 Å². The minimum atomic E-state index is -1.19. The molecule has 2 heterocycles. The van der Waals surface area contributed by atoms with E-state index in [4.69, 9.17) is 0 Å². The first-order valence-electron chi connectivity index (χ1n) is 10.8. The van der Waals surface area contributed by atoms with Gasteiger partial charge < -0.3 is 29.8 Å². The second-order valence-electron chi connectivity index (χ2n) is 9.57. The molecule has 10 heteroatoms. The predicted octanol–water partition coefficient (Wildman–Crippen LogP) is 1.47. The highest BCUT2D eigenvalue weighted by molar-refractivity contribution is 6.00. The number of phenols is 2. The van der Waals surface area contributed by atoms with E-state index in [9.17, 15) is 39.2 Å². The van der Waals surface area contributed by atoms with Gasteiger partial charge in [-0.15, -0.1) is 0 Å². The van der Waals surface area contributed by atoms with Crippen molar-refractivity contribution < 1.29 is 43.7 Å². The standard InChI is InChI=1S/C23H29FN2O7/c1-11-14(20(23(32)33)25-19(11)17(12(2)27)22(25)31)10-26(3,4)9-5-6-15(28)13-7-8-16(29)21(30)18(13)24/h7-8,11-12,17,19,27H,5-6,9-10H2,1-4H3,(H2-,28,29,30,32,33)/p+1/t11-,12+,17+,19+/m0/s1. The molecule has 180 valence electrons. The third-order valence-electron chi connectivity index (χ3n) is 6.68. The van der Waals surface area contributed by atoms with Gasteiger partial charge in [0.05, 0.1) is 44.3 Å². The number of aliphatic hydroxyl groups excluding tert-OH is 1. The lowest BCUT2D eigenvalue weighted by Gasteiger charge is -2.46. The van der Waals surface area contributed by atoms with Crippen LogP contribution in [0.3, 0.4) is 0 Å². The van der Waals surface area contributed by atoms with E-state index in [2.05, 4.69) is 0 Å². The molecule has 1 aromatic rings. The summed E-state index contributed by atoms with van der Waals surface area (Å²) in [6, 6.07) is 1.79. The van der Waals surface area contributed by atoms with Crippen LogP contribution in [0.25, 0.3) is 0 Å². The number of ketones is 1. The van der Waals surface area contributed by atoms with Gasteiger partial charge in [0.2, 0.25) is 5.91 Å². The maximum Gasteiger partial charge on any atom is 0.352 e. The molecule has 4 atom stereocenters. The van der Waals surface area contributed by atoms with Crippen LogP contribution in [0.15, 0.2) is 23.4 Å². The Bertz CT molecular complexity index is 1030. The van der Waals surface area contributed by atoms with Crippen molar-refractivity contribution in [1.82, 2.24) is 4.90 Å². The van der Waals surface area contributed by atoms with Gasteiger partial charge in [0, 0.05) is 24.3 Å². The normalized spacial score (nSPS) is 23.4. The molecule has 3 rings (SSSR count). The predicted molar refractivity (Wildman–Crippen MR) is 115 cm³/mol. The van der Waals surface area contributed by atoms with Crippen LogP contribution < -0.4 is 0 Å². The Morgan fingerprint density at radius 2 is 1.88 bits per heavy atom. The molecule has 2 aliphatic rings. The Morgan fingerprint density at radius 1 is 1.24 bits per heavy atom. The highest BCUT2D eigenvalue weighted by atomic mass is 19.1. The molecule has 0 aromatic heterocycles. The van der Waals surface area contributed by atoms with Crippen LogP contribution in [0.1, 0.15) is 37.0 Å². The lowest BCUT2D eigenvalue weighted by atomic mass is 9.77. The molecule has 0 unspecified atom stereocenters. The van der Waals surface area contributed by atoms with Gasteiger partial charge in [-0.25, -0.2) is 9.18 Å². The van der Waals surface area contributed by atoms with E-state index < -0.39 is 41.1 Å². The lowest BCUT2D eigenvalue weighted by Crippen LogP contribution is -2.63. The number of fused-ring (bicyclic) bond motifs is 1. The van der Waals surface area contributed by atoms with Crippen molar-refractivity contribution in [2.24, 2.45) is 11.8 Å². The Kier molecular flexibility index (Phi) is 6.54. The Labute approximate surface area is 190 Å². The number of aliphatic carboxylic acids is 1. The molecule has 33 heavy (non-hydrogen) atoms. The van der Waals surface area contributed by atoms with Crippen molar-refractivity contribution in [3.05, 3.63) is 34.8 Å². The maximum absolute atomic E-state index is 14.1. The summed E-state index contributed by atoms with van der Waals surface area (Å²) in [5.74, 6) is -5.72. The van der Waals surface area contributed by atoms with Gasteiger partial charge >= 0.3 is 5.97 Å². The first kappa shape index (κ1) is 24.7. The van der Waals surface area contributed by atoms with Crippen LogP contribution in [-0.4, -0.2) is 86.8 Å². The Balaban J connectivity index is 1.69. The fraction of sp³-hybridized carbons (Fsp3) is 0.522. The Morgan fingerprint density at radius 3 is 2.45 bits per heavy atom. The van der Waals surface area contributed by atoms with Crippen molar-refractivity contribution in [2.45, 2.75) is 38.8 Å². The molecule has 2 aliphatic heterocycles. The molecule has 1 fully saturated rings. The number of carboxylic acid groups (broad SMARTS) is 1. The van der Waals surface area contributed by atoms with E-state index in [-0.39, 0.29) is 35.5 Å². The fourth-order valence-electron chi connectivity index (χ4n) is 4.97. The topological polar surface area (TPSA) is 135 Å². The van der Waals surface area contributed by atoms with Crippen molar-refractivity contribution in [3.8, 4) is 11.5 Å². The number of rotatable bonds is 9. The van der Waals surface area contributed by atoms with Gasteiger partial charge in [-0.2, -0.15) is 0 Å². The minimum Gasteiger partial charge on any atom is -0.504 e. The first-order valence-corrected chi connectivity index (χ1v) is 10.8. The fourth-order valence-corrected chi connectivity index (χ4v) is 4.97. The van der Waals surface area contributed by atoms with Crippen LogP contribution >= 0.6 is 0 Å². The quantitative estimate of drug-likeness (QED) is 0.188. The average molecular weight is 465 g/mol. The molecule has 0 aliphatic carbocycles. The number of quaternary nitrogens is 1. The number of phenolic OH excluding ortho intramolecular Hbond substituents is 2. The van der Waals surface area contributed by atoms with Crippen molar-refractivity contribution in [2.75, 3.05) is 27.2 Å². The molecule has 0 bridgehead atoms. The molecular formula is C23H30FN2O7+. The molecule has 4 N–H and O–H groups in total. The van der Waals surface area contributed by atoms with E-state index >= 15 is 0 Å². The van der Waals surface area contributed by atoms with E-state index in [1.165, 1.54) is 11.8 Å². The van der Waals surface area contributed by atoms with Gasteiger partial charge in [-0.3, -0.25) is 9.59 Å². The number of carbonyl (C=O) groups is 3. The summed E-state index contributed by atoms with van der Waals surface area (Å²) in [6.45, 7) is 4.18. The van der Waals surface area contributed by atoms with Gasteiger partial charge in [0.25, 0.3) is 0 Å². The number of halogens is 1. The van der Waals surface area contributed by atoms with Crippen LogP contribution in [-0.2, 0) is 9.59 Å². The minimum absolute atomic E-state index is 0.000537. The first-order chi connectivity index (χ1) is 15.3. The molecule has 9 nitrogen and oxygen atoms in total. The Hall–Kier alpha value is -2.98. The third kappa shape index (κ3) is 4.32. The monoisotopic (exact) mass is 465 g/mol. The maximum atomic E-state index is 14.1. The number of hydrogen-bond donors (Lipinski definition) is 4. The van der Waals surface area contributed by atoms with Crippen LogP contribution in [0.2, 0.25) is 0 Å². The van der Waals surface area contributed by atoms with Crippen molar-refractivity contribution >= 4 is 17.7 Å². The number of aromatic hydroxyl groups is 2. The number of likely N-dealkylation sites (N-methyl/N-ethyl adjacent to an activating group) is 1. The van der Waals surface area contributed by atoms with Crippen molar-refractivity contribution in [1.29, 1.82) is 0 Å². The summed E-state index contributed by atoms with van der Waals surface area (Å²) < 4.78 is 14.4. The second kappa shape index (κ2) is 8.75. The SMILES string of the molecule is C[C@@H](O)[C@H]1C(=O)N2C(C(=O)O)=C(C[N+](C)(C)CCCC(=O)c3ccc(O)c(O)c3F)[C@H](C)[C@H]12. The van der Waals surface area contributed by atoms with Gasteiger partial charge in [-0.1, -0.05) is 6.92 Å². The summed E-state index contributed by atoms with van der Waals surface area (Å²) >= 11 is 0. The molecule has 1 amide bonds. The van der Waals surface area contributed by atoms with Crippen molar-refractivity contribution in [3.63, 3.8) is 0 Å². The second-order valence-corrected chi connectivity index (χ2v) is 9.57. The summed E-state index contributed by atoms with van der Waals surface area (Å²) in [5, 5.41) is 38.5. The van der Waals surface area contributed by atoms with Crippen LogP contribution in [0.4, 0.5) is 4.39 Å². The van der Waals surface area contributed by atoms with Crippen LogP contribution in [0, 0.1) is 17.7 Å². The number of Topliss-reactive ketones (excluding diaryl/α,β-unsaturated/α-hetero) is 1. The van der Waals surface area contributed by atoms with Gasteiger partial charge in [-0.05, 0) is 19.1 Å². The van der Waals surface area contributed by atoms with E-state index in [1.54, 1.807) is 0 Å². The summed E-state index contributed by atoms with van der Waals surface area (Å²) in [7, 11) is 3.75. The zero-order valence-electron chi connectivity index (χ0n) is 19.1. The summed E-state index contributed by atoms with van der Waals surface area (Å²) in [6.07, 6.45) is -0.497. The number of amides is 1. The summed E-state index contributed by atoms with van der Waals surface area (Å²) in [5.41, 5.74) is 0.288. The number of carbonyl (C=O) groups excluding carboxylic acids is 2. The van der Waals surface area contributed by atoms with E-state index in [1.807, 2.05) is 21.0 Å². The van der Waals surface area contributed by atoms with E-state index in [0.717, 1.165) is 12.1 Å². The highest BCUT2D eigenvalue weighted by Crippen LogP contribution is 2.47. The largest absolute Gasteiger partial charge is 0.504 e. The number of benzene rings is 1. The zero-order chi connectivity index (χ0) is 24.8. The highest BCUT2D eigenvalue weighted by Gasteiger charge is 2.60. The van der Waals surface area contributed by atoms with Gasteiger partial charge in [0.15, 0.2) is 23.1 Å². The molecular weight excluding hydrogens is 435 g/mol. The number of carboxylic acids is 1. The molecule has 1 saturated heterocycles. The third-order valence-corrected chi connectivity index (χ3v) is 6.68. The molecule has 0 spiro atoms. The number of aliphatic hydroxyl groups is 1.